The summed E-state index contributed by atoms with van der Waals surface area (Å²) in [5, 5.41) is 7.77. The van der Waals surface area contributed by atoms with E-state index in [0.29, 0.717) is 11.3 Å². The number of nitrogens with zero attached hydrogens (tertiary/aromatic N) is 1. The van der Waals surface area contributed by atoms with Crippen LogP contribution in [0.5, 0.6) is 0 Å². The number of amides is 4. The maximum absolute atomic E-state index is 12.8. The molecule has 0 spiro atoms. The van der Waals surface area contributed by atoms with Gasteiger partial charge in [0.1, 0.15) is 5.82 Å². The largest absolute Gasteiger partial charge is 0.345 e. The van der Waals surface area contributed by atoms with Crippen LogP contribution in [0.1, 0.15) is 15.9 Å². The van der Waals surface area contributed by atoms with Crippen molar-refractivity contribution in [3.05, 3.63) is 64.4 Å². The Morgan fingerprint density at radius 3 is 2.32 bits per heavy atom. The Morgan fingerprint density at radius 2 is 1.71 bits per heavy atom. The second kappa shape index (κ2) is 9.70. The van der Waals surface area contributed by atoms with E-state index >= 15 is 0 Å². The fourth-order valence-corrected chi connectivity index (χ4v) is 2.48. The average Bonchev–Trinajstić information content (AvgIpc) is 2.65. The van der Waals surface area contributed by atoms with Crippen molar-refractivity contribution in [2.24, 2.45) is 0 Å². The maximum Gasteiger partial charge on any atom is 0.315 e. The van der Waals surface area contributed by atoms with Crippen LogP contribution < -0.4 is 16.0 Å². The van der Waals surface area contributed by atoms with E-state index < -0.39 is 11.9 Å². The molecule has 2 rings (SSSR count). The molecule has 0 atom stereocenters. The van der Waals surface area contributed by atoms with Gasteiger partial charge in [0.05, 0.1) is 17.1 Å². The molecule has 0 radical (unpaired) electrons. The molecule has 0 aliphatic heterocycles. The lowest BCUT2D eigenvalue weighted by molar-refractivity contribution is -0.115. The molecule has 4 amide bonds. The predicted molar refractivity (Wildman–Crippen MR) is 105 cm³/mol. The molecule has 0 bridgehead atoms. The monoisotopic (exact) mass is 406 g/mol. The topological polar surface area (TPSA) is 90.5 Å². The molecular weight excluding hydrogens is 387 g/mol. The third kappa shape index (κ3) is 6.24. The number of rotatable bonds is 6. The molecule has 148 valence electrons. The van der Waals surface area contributed by atoms with Gasteiger partial charge in [0.25, 0.3) is 5.91 Å². The lowest BCUT2D eigenvalue weighted by Gasteiger charge is -2.13. The number of anilines is 1. The first-order valence-electron chi connectivity index (χ1n) is 8.33. The number of benzene rings is 2. The first-order chi connectivity index (χ1) is 13.3. The van der Waals surface area contributed by atoms with Crippen molar-refractivity contribution in [2.75, 3.05) is 26.0 Å². The van der Waals surface area contributed by atoms with Crippen LogP contribution in [0.3, 0.4) is 0 Å². The zero-order valence-corrected chi connectivity index (χ0v) is 16.1. The van der Waals surface area contributed by atoms with E-state index in [0.717, 1.165) is 5.56 Å². The third-order valence-corrected chi connectivity index (χ3v) is 3.98. The van der Waals surface area contributed by atoms with Crippen LogP contribution in [0.25, 0.3) is 0 Å². The number of urea groups is 1. The lowest BCUT2D eigenvalue weighted by atomic mass is 10.2. The number of carbonyl (C=O) groups excluding carboxylic acids is 3. The van der Waals surface area contributed by atoms with Gasteiger partial charge in [-0.25, -0.2) is 9.18 Å². The Hall–Kier alpha value is -3.13. The summed E-state index contributed by atoms with van der Waals surface area (Å²) in [7, 11) is 3.22. The lowest BCUT2D eigenvalue weighted by Crippen LogP contribution is -2.39. The molecule has 0 saturated heterocycles. The molecule has 0 fully saturated rings. The van der Waals surface area contributed by atoms with Crippen molar-refractivity contribution >= 4 is 35.1 Å². The van der Waals surface area contributed by atoms with Gasteiger partial charge in [-0.05, 0) is 35.9 Å². The number of hydrogen-bond acceptors (Lipinski definition) is 3. The maximum atomic E-state index is 12.8. The zero-order chi connectivity index (χ0) is 20.7. The summed E-state index contributed by atoms with van der Waals surface area (Å²) >= 11 is 6.09. The van der Waals surface area contributed by atoms with Crippen LogP contribution in [-0.4, -0.2) is 43.4 Å². The molecule has 3 N–H and O–H groups in total. The number of hydrogen-bond donors (Lipinski definition) is 3. The van der Waals surface area contributed by atoms with Gasteiger partial charge >= 0.3 is 6.03 Å². The van der Waals surface area contributed by atoms with E-state index in [-0.39, 0.29) is 29.8 Å². The van der Waals surface area contributed by atoms with Gasteiger partial charge in [-0.15, -0.1) is 0 Å². The minimum atomic E-state index is -0.538. The van der Waals surface area contributed by atoms with Crippen molar-refractivity contribution in [3.8, 4) is 0 Å². The van der Waals surface area contributed by atoms with Gasteiger partial charge in [0.15, 0.2) is 0 Å². The van der Waals surface area contributed by atoms with E-state index in [4.69, 9.17) is 11.6 Å². The summed E-state index contributed by atoms with van der Waals surface area (Å²) in [6.45, 7) is -0.0596. The zero-order valence-electron chi connectivity index (χ0n) is 15.4. The van der Waals surface area contributed by atoms with E-state index in [9.17, 15) is 18.8 Å². The third-order valence-electron chi connectivity index (χ3n) is 3.67. The highest BCUT2D eigenvalue weighted by molar-refractivity contribution is 6.34. The fourth-order valence-electron chi connectivity index (χ4n) is 2.22. The molecule has 0 heterocycles. The molecule has 0 aliphatic rings. The smallest absolute Gasteiger partial charge is 0.315 e. The normalized spacial score (nSPS) is 10.1. The van der Waals surface area contributed by atoms with Crippen molar-refractivity contribution < 1.29 is 18.8 Å². The van der Waals surface area contributed by atoms with Crippen LogP contribution in [0.2, 0.25) is 5.02 Å². The highest BCUT2D eigenvalue weighted by atomic mass is 35.5. The van der Waals surface area contributed by atoms with Crippen molar-refractivity contribution in [2.45, 2.75) is 6.54 Å². The van der Waals surface area contributed by atoms with Crippen LogP contribution in [-0.2, 0) is 11.3 Å². The van der Waals surface area contributed by atoms with E-state index in [1.54, 1.807) is 32.3 Å². The van der Waals surface area contributed by atoms with Crippen LogP contribution in [0, 0.1) is 5.82 Å². The minimum Gasteiger partial charge on any atom is -0.345 e. The summed E-state index contributed by atoms with van der Waals surface area (Å²) in [4.78, 5) is 37.0. The summed E-state index contributed by atoms with van der Waals surface area (Å²) in [5.74, 6) is -1.06. The van der Waals surface area contributed by atoms with Crippen molar-refractivity contribution in [1.29, 1.82) is 0 Å². The SMILES string of the molecule is CN(C)C(=O)c1ccc(NC(=O)CNC(=O)NCc2ccc(F)cc2)cc1Cl. The highest BCUT2D eigenvalue weighted by Crippen LogP contribution is 2.21. The van der Waals surface area contributed by atoms with Crippen LogP contribution >= 0.6 is 11.6 Å². The molecule has 28 heavy (non-hydrogen) atoms. The minimum absolute atomic E-state index is 0.199. The Bertz CT molecular complexity index is 872. The first-order valence-corrected chi connectivity index (χ1v) is 8.71. The predicted octanol–water partition coefficient (Wildman–Crippen LogP) is 2.62. The van der Waals surface area contributed by atoms with Gasteiger partial charge in [0.2, 0.25) is 5.91 Å². The number of nitrogens with one attached hydrogen (secondary N) is 3. The van der Waals surface area contributed by atoms with Gasteiger partial charge in [-0.3, -0.25) is 9.59 Å². The Morgan fingerprint density at radius 1 is 1.04 bits per heavy atom. The summed E-state index contributed by atoms with van der Waals surface area (Å²) < 4.78 is 12.8. The second-order valence-corrected chi connectivity index (χ2v) is 6.51. The Labute approximate surface area is 166 Å². The second-order valence-electron chi connectivity index (χ2n) is 6.11. The quantitative estimate of drug-likeness (QED) is 0.688. The van der Waals surface area contributed by atoms with Crippen molar-refractivity contribution in [3.63, 3.8) is 0 Å². The molecule has 0 saturated carbocycles. The Kier molecular flexibility index (Phi) is 7.34. The van der Waals surface area contributed by atoms with E-state index in [1.165, 1.54) is 29.2 Å². The molecular formula is C19H20ClFN4O3. The molecule has 7 nitrogen and oxygen atoms in total. The molecule has 0 unspecified atom stereocenters. The van der Waals surface area contributed by atoms with Gasteiger partial charge in [-0.2, -0.15) is 0 Å². The van der Waals surface area contributed by atoms with E-state index in [1.807, 2.05) is 0 Å². The molecule has 2 aromatic rings. The van der Waals surface area contributed by atoms with Crippen molar-refractivity contribution in [1.82, 2.24) is 15.5 Å². The van der Waals surface area contributed by atoms with Gasteiger partial charge in [0, 0.05) is 26.3 Å². The standard InChI is InChI=1S/C19H20ClFN4O3/c1-25(2)18(27)15-8-7-14(9-16(15)20)24-17(26)11-23-19(28)22-10-12-3-5-13(21)6-4-12/h3-9H,10-11H2,1-2H3,(H,24,26)(H2,22,23,28). The summed E-state index contributed by atoms with van der Waals surface area (Å²) in [5.41, 5.74) is 1.45. The molecule has 9 heteroatoms. The molecule has 0 aromatic heterocycles. The summed E-state index contributed by atoms with van der Waals surface area (Å²) in [6, 6.07) is 9.69. The molecule has 0 aliphatic carbocycles. The van der Waals surface area contributed by atoms with Gasteiger partial charge < -0.3 is 20.9 Å². The van der Waals surface area contributed by atoms with Gasteiger partial charge in [-0.1, -0.05) is 23.7 Å². The van der Waals surface area contributed by atoms with E-state index in [2.05, 4.69) is 16.0 Å². The fraction of sp³-hybridized carbons (Fsp3) is 0.211. The molecule has 2 aromatic carbocycles. The average molecular weight is 407 g/mol. The first kappa shape index (κ1) is 21.2. The number of carbonyl (C=O) groups is 3. The van der Waals surface area contributed by atoms with Crippen LogP contribution in [0.15, 0.2) is 42.5 Å². The Balaban J connectivity index is 1.80. The highest BCUT2D eigenvalue weighted by Gasteiger charge is 2.13. The van der Waals surface area contributed by atoms with Crippen LogP contribution in [0.4, 0.5) is 14.9 Å². The number of halogens is 2. The summed E-state index contributed by atoms with van der Waals surface area (Å²) in [6.07, 6.45) is 0.